The molecule has 0 aliphatic heterocycles. The molecule has 24 heavy (non-hydrogen) atoms. The van der Waals surface area contributed by atoms with Gasteiger partial charge in [-0.2, -0.15) is 0 Å². The van der Waals surface area contributed by atoms with Gasteiger partial charge < -0.3 is 9.72 Å². The van der Waals surface area contributed by atoms with E-state index in [1.807, 2.05) is 56.4 Å². The van der Waals surface area contributed by atoms with Crippen molar-refractivity contribution in [1.82, 2.24) is 14.9 Å². The number of nitrogens with zero attached hydrogens (tertiary/aromatic N) is 2. The minimum atomic E-state index is -0.0969. The number of benzene rings is 2. The van der Waals surface area contributed by atoms with Crippen LogP contribution in [0.1, 0.15) is 24.4 Å². The van der Waals surface area contributed by atoms with Crippen LogP contribution >= 0.6 is 0 Å². The summed E-state index contributed by atoms with van der Waals surface area (Å²) in [6.45, 7) is 2.79. The van der Waals surface area contributed by atoms with Crippen LogP contribution in [0.2, 0.25) is 0 Å². The first-order valence-corrected chi connectivity index (χ1v) is 7.90. The summed E-state index contributed by atoms with van der Waals surface area (Å²) in [4.78, 5) is 21.9. The SMILES string of the molecule is COc1ccc(CN(C)[C@@H](C)c2nc3ccccc3c(=O)[nH]2)cc1. The highest BCUT2D eigenvalue weighted by Crippen LogP contribution is 2.19. The zero-order valence-corrected chi connectivity index (χ0v) is 14.1. The molecule has 0 amide bonds. The lowest BCUT2D eigenvalue weighted by atomic mass is 10.1. The summed E-state index contributed by atoms with van der Waals surface area (Å²) in [7, 11) is 3.68. The van der Waals surface area contributed by atoms with Crippen LogP contribution in [0.3, 0.4) is 0 Å². The fourth-order valence-corrected chi connectivity index (χ4v) is 2.67. The van der Waals surface area contributed by atoms with Crippen LogP contribution in [-0.4, -0.2) is 29.0 Å². The van der Waals surface area contributed by atoms with Gasteiger partial charge in [0, 0.05) is 6.54 Å². The maximum Gasteiger partial charge on any atom is 0.258 e. The molecule has 5 heteroatoms. The Balaban J connectivity index is 1.82. The molecule has 1 atom stereocenters. The molecule has 0 radical (unpaired) electrons. The summed E-state index contributed by atoms with van der Waals surface area (Å²) < 4.78 is 5.18. The van der Waals surface area contributed by atoms with Crippen molar-refractivity contribution in [3.63, 3.8) is 0 Å². The Morgan fingerprint density at radius 3 is 2.58 bits per heavy atom. The van der Waals surface area contributed by atoms with E-state index in [4.69, 9.17) is 4.74 Å². The molecule has 1 aromatic heterocycles. The predicted octanol–water partition coefficient (Wildman–Crippen LogP) is 3.12. The summed E-state index contributed by atoms with van der Waals surface area (Å²) in [6.07, 6.45) is 0. The zero-order valence-electron chi connectivity index (χ0n) is 14.1. The number of methoxy groups -OCH3 is 1. The van der Waals surface area contributed by atoms with E-state index >= 15 is 0 Å². The standard InChI is InChI=1S/C19H21N3O2/c1-13(22(2)12-14-8-10-15(24-3)11-9-14)18-20-17-7-5-4-6-16(17)19(23)21-18/h4-11,13H,12H2,1-3H3,(H,20,21,23)/t13-/m0/s1. The molecule has 0 saturated heterocycles. The third-order valence-corrected chi connectivity index (χ3v) is 4.28. The predicted molar refractivity (Wildman–Crippen MR) is 95.2 cm³/mol. The van der Waals surface area contributed by atoms with Crippen molar-refractivity contribution >= 4 is 10.9 Å². The molecule has 5 nitrogen and oxygen atoms in total. The minimum absolute atomic E-state index is 0.00981. The van der Waals surface area contributed by atoms with Crippen molar-refractivity contribution in [2.24, 2.45) is 0 Å². The lowest BCUT2D eigenvalue weighted by Crippen LogP contribution is -2.26. The molecular formula is C19H21N3O2. The van der Waals surface area contributed by atoms with Crippen LogP contribution < -0.4 is 10.3 Å². The van der Waals surface area contributed by atoms with E-state index in [1.165, 1.54) is 5.56 Å². The number of rotatable bonds is 5. The number of hydrogen-bond donors (Lipinski definition) is 1. The first-order valence-electron chi connectivity index (χ1n) is 7.90. The van der Waals surface area contributed by atoms with Crippen molar-refractivity contribution < 1.29 is 4.74 Å². The molecule has 0 aliphatic carbocycles. The third-order valence-electron chi connectivity index (χ3n) is 4.28. The van der Waals surface area contributed by atoms with Crippen molar-refractivity contribution in [1.29, 1.82) is 0 Å². The summed E-state index contributed by atoms with van der Waals surface area (Å²) in [5, 5.41) is 0.617. The second-order valence-electron chi connectivity index (χ2n) is 5.91. The fraction of sp³-hybridized carbons (Fsp3) is 0.263. The van der Waals surface area contributed by atoms with E-state index in [9.17, 15) is 4.79 Å². The maximum absolute atomic E-state index is 12.2. The van der Waals surface area contributed by atoms with Gasteiger partial charge in [0.05, 0.1) is 24.1 Å². The summed E-state index contributed by atoms with van der Waals surface area (Å²) in [5.74, 6) is 1.52. The molecule has 3 aromatic rings. The largest absolute Gasteiger partial charge is 0.497 e. The number of hydrogen-bond acceptors (Lipinski definition) is 4. The van der Waals surface area contributed by atoms with E-state index in [0.717, 1.165) is 17.8 Å². The summed E-state index contributed by atoms with van der Waals surface area (Å²) >= 11 is 0. The zero-order chi connectivity index (χ0) is 17.1. The minimum Gasteiger partial charge on any atom is -0.497 e. The van der Waals surface area contributed by atoms with Crippen LogP contribution in [0.4, 0.5) is 0 Å². The Bertz CT molecular complexity index is 887. The van der Waals surface area contributed by atoms with Crippen LogP contribution in [0.15, 0.2) is 53.3 Å². The molecule has 124 valence electrons. The highest BCUT2D eigenvalue weighted by atomic mass is 16.5. The number of fused-ring (bicyclic) bond motifs is 1. The number of aromatic amines is 1. The second-order valence-corrected chi connectivity index (χ2v) is 5.91. The Labute approximate surface area is 140 Å². The number of ether oxygens (including phenoxy) is 1. The van der Waals surface area contributed by atoms with Gasteiger partial charge in [-0.25, -0.2) is 4.98 Å². The van der Waals surface area contributed by atoms with Gasteiger partial charge in [-0.1, -0.05) is 24.3 Å². The Morgan fingerprint density at radius 1 is 1.17 bits per heavy atom. The lowest BCUT2D eigenvalue weighted by molar-refractivity contribution is 0.244. The van der Waals surface area contributed by atoms with Gasteiger partial charge in [0.1, 0.15) is 11.6 Å². The molecule has 0 saturated carbocycles. The average Bonchev–Trinajstić information content (AvgIpc) is 2.61. The van der Waals surface area contributed by atoms with E-state index in [0.29, 0.717) is 11.2 Å². The van der Waals surface area contributed by atoms with E-state index in [2.05, 4.69) is 14.9 Å². The first-order chi connectivity index (χ1) is 11.6. The smallest absolute Gasteiger partial charge is 0.258 e. The lowest BCUT2D eigenvalue weighted by Gasteiger charge is -2.24. The van der Waals surface area contributed by atoms with Gasteiger partial charge in [-0.3, -0.25) is 9.69 Å². The molecule has 0 fully saturated rings. The molecule has 0 bridgehead atoms. The van der Waals surface area contributed by atoms with E-state index in [-0.39, 0.29) is 11.6 Å². The molecule has 0 aliphatic rings. The molecule has 1 N–H and O–H groups in total. The molecule has 3 rings (SSSR count). The summed E-state index contributed by atoms with van der Waals surface area (Å²) in [5.41, 5.74) is 1.80. The first kappa shape index (κ1) is 16.2. The molecule has 0 spiro atoms. The van der Waals surface area contributed by atoms with Crippen molar-refractivity contribution in [3.05, 3.63) is 70.3 Å². The molecule has 0 unspecified atom stereocenters. The van der Waals surface area contributed by atoms with Crippen molar-refractivity contribution in [2.45, 2.75) is 19.5 Å². The average molecular weight is 323 g/mol. The van der Waals surface area contributed by atoms with Crippen LogP contribution in [0.5, 0.6) is 5.75 Å². The number of para-hydroxylation sites is 1. The fourth-order valence-electron chi connectivity index (χ4n) is 2.67. The van der Waals surface area contributed by atoms with Crippen molar-refractivity contribution in [2.75, 3.05) is 14.2 Å². The van der Waals surface area contributed by atoms with Gasteiger partial charge in [-0.15, -0.1) is 0 Å². The number of nitrogens with one attached hydrogen (secondary N) is 1. The summed E-state index contributed by atoms with van der Waals surface area (Å²) in [6, 6.07) is 15.4. The topological polar surface area (TPSA) is 58.2 Å². The van der Waals surface area contributed by atoms with Gasteiger partial charge >= 0.3 is 0 Å². The van der Waals surface area contributed by atoms with Gasteiger partial charge in [-0.05, 0) is 43.8 Å². The Hall–Kier alpha value is -2.66. The highest BCUT2D eigenvalue weighted by Gasteiger charge is 2.16. The monoisotopic (exact) mass is 323 g/mol. The highest BCUT2D eigenvalue weighted by molar-refractivity contribution is 5.77. The third kappa shape index (κ3) is 3.31. The van der Waals surface area contributed by atoms with E-state index in [1.54, 1.807) is 13.2 Å². The molecular weight excluding hydrogens is 302 g/mol. The maximum atomic E-state index is 12.2. The van der Waals surface area contributed by atoms with Crippen molar-refractivity contribution in [3.8, 4) is 5.75 Å². The van der Waals surface area contributed by atoms with Crippen LogP contribution in [0.25, 0.3) is 10.9 Å². The number of aromatic nitrogens is 2. The van der Waals surface area contributed by atoms with E-state index < -0.39 is 0 Å². The Morgan fingerprint density at radius 2 is 1.88 bits per heavy atom. The van der Waals surface area contributed by atoms with Gasteiger partial charge in [0.25, 0.3) is 5.56 Å². The van der Waals surface area contributed by atoms with Gasteiger partial charge in [0.15, 0.2) is 0 Å². The Kier molecular flexibility index (Phi) is 4.62. The second kappa shape index (κ2) is 6.84. The number of H-pyrrole nitrogens is 1. The van der Waals surface area contributed by atoms with Crippen LogP contribution in [0, 0.1) is 0 Å². The van der Waals surface area contributed by atoms with Crippen LogP contribution in [-0.2, 0) is 6.54 Å². The molecule has 2 aromatic carbocycles. The normalized spacial score (nSPS) is 12.5. The van der Waals surface area contributed by atoms with Gasteiger partial charge in [0.2, 0.25) is 0 Å². The quantitative estimate of drug-likeness (QED) is 0.784. The molecule has 1 heterocycles.